The zero-order valence-electron chi connectivity index (χ0n) is 10.4. The number of rotatable bonds is 2. The van der Waals surface area contributed by atoms with E-state index in [4.69, 9.17) is 5.26 Å². The molecule has 0 bridgehead atoms. The Kier molecular flexibility index (Phi) is 3.34. The second-order valence-electron chi connectivity index (χ2n) is 3.96. The van der Waals surface area contributed by atoms with Crippen LogP contribution in [-0.4, -0.2) is 19.7 Å². The van der Waals surface area contributed by atoms with E-state index in [0.717, 1.165) is 22.9 Å². The van der Waals surface area contributed by atoms with Crippen LogP contribution in [0.5, 0.6) is 0 Å². The molecule has 0 N–H and O–H groups in total. The molecule has 2 rings (SSSR count). The first-order valence-corrected chi connectivity index (χ1v) is 5.44. The predicted octanol–water partition coefficient (Wildman–Crippen LogP) is 2.37. The van der Waals surface area contributed by atoms with Gasteiger partial charge in [-0.05, 0) is 13.0 Å². The lowest BCUT2D eigenvalue weighted by Crippen LogP contribution is -2.09. The van der Waals surface area contributed by atoms with Gasteiger partial charge in [-0.15, -0.1) is 5.10 Å². The van der Waals surface area contributed by atoms with Gasteiger partial charge in [0, 0.05) is 12.1 Å². The van der Waals surface area contributed by atoms with Crippen molar-refractivity contribution in [1.82, 2.24) is 14.8 Å². The van der Waals surface area contributed by atoms with Gasteiger partial charge in [0.2, 0.25) is 0 Å². The molecule has 0 radical (unpaired) electrons. The van der Waals surface area contributed by atoms with Crippen LogP contribution in [0, 0.1) is 28.4 Å². The molecule has 0 saturated carbocycles. The highest BCUT2D eigenvalue weighted by Crippen LogP contribution is 2.28. The molecule has 0 atom stereocenters. The summed E-state index contributed by atoms with van der Waals surface area (Å²) in [6.07, 6.45) is -4.72. The van der Waals surface area contributed by atoms with E-state index in [0.29, 0.717) is 0 Å². The number of hydrogen-bond acceptors (Lipinski definition) is 5. The minimum absolute atomic E-state index is 0.0106. The fourth-order valence-corrected chi connectivity index (χ4v) is 1.65. The van der Waals surface area contributed by atoms with Crippen LogP contribution in [0.15, 0.2) is 18.2 Å². The van der Waals surface area contributed by atoms with Gasteiger partial charge in [0.05, 0.1) is 16.2 Å². The molecule has 7 nitrogen and oxygen atoms in total. The molecule has 2 aromatic rings. The first-order valence-electron chi connectivity index (χ1n) is 5.44. The summed E-state index contributed by atoms with van der Waals surface area (Å²) < 4.78 is 38.5. The maximum absolute atomic E-state index is 12.6. The molecule has 0 aliphatic rings. The number of aryl methyl sites for hydroxylation is 1. The quantitative estimate of drug-likeness (QED) is 0.626. The van der Waals surface area contributed by atoms with Gasteiger partial charge < -0.3 is 0 Å². The van der Waals surface area contributed by atoms with Gasteiger partial charge in [-0.3, -0.25) is 10.1 Å². The number of alkyl halides is 3. The normalized spacial score (nSPS) is 11.2. The molecule has 0 aliphatic carbocycles. The second kappa shape index (κ2) is 4.86. The summed E-state index contributed by atoms with van der Waals surface area (Å²) in [7, 11) is 0. The van der Waals surface area contributed by atoms with Crippen molar-refractivity contribution in [2.24, 2.45) is 0 Å². The number of non-ortho nitro benzene ring substituents is 1. The summed E-state index contributed by atoms with van der Waals surface area (Å²) in [4.78, 5) is 13.2. The molecular formula is C11H6F3N5O2. The smallest absolute Gasteiger partial charge is 0.258 e. The van der Waals surface area contributed by atoms with Crippen LogP contribution in [0.3, 0.4) is 0 Å². The lowest BCUT2D eigenvalue weighted by Gasteiger charge is -2.05. The fourth-order valence-electron chi connectivity index (χ4n) is 1.65. The molecule has 1 aromatic heterocycles. The Morgan fingerprint density at radius 1 is 1.43 bits per heavy atom. The third-order valence-corrected chi connectivity index (χ3v) is 2.56. The summed E-state index contributed by atoms with van der Waals surface area (Å²) in [5.41, 5.74) is -0.529. The number of nitro benzene ring substituents is 1. The van der Waals surface area contributed by atoms with E-state index in [2.05, 4.69) is 10.1 Å². The lowest BCUT2D eigenvalue weighted by molar-refractivity contribution is -0.384. The molecule has 21 heavy (non-hydrogen) atoms. The molecule has 108 valence electrons. The van der Waals surface area contributed by atoms with Gasteiger partial charge in [-0.25, -0.2) is 9.67 Å². The molecule has 0 fully saturated rings. The number of nitriles is 1. The highest BCUT2D eigenvalue weighted by Gasteiger charge is 2.37. The standard InChI is InChI=1S/C11H6F3N5O2/c1-6-16-10(11(12,13)14)17-18(6)9-3-2-8(19(20)21)4-7(9)5-15/h2-4H,1H3. The van der Waals surface area contributed by atoms with Gasteiger partial charge in [-0.1, -0.05) is 0 Å². The van der Waals surface area contributed by atoms with E-state index in [9.17, 15) is 23.3 Å². The van der Waals surface area contributed by atoms with E-state index in [-0.39, 0.29) is 22.8 Å². The number of aromatic nitrogens is 3. The van der Waals surface area contributed by atoms with E-state index in [1.54, 1.807) is 6.07 Å². The number of hydrogen-bond donors (Lipinski definition) is 0. The van der Waals surface area contributed by atoms with E-state index in [1.807, 2.05) is 0 Å². The van der Waals surface area contributed by atoms with Crippen molar-refractivity contribution in [3.05, 3.63) is 45.5 Å². The van der Waals surface area contributed by atoms with Crippen molar-refractivity contribution in [1.29, 1.82) is 5.26 Å². The molecule has 0 spiro atoms. The summed E-state index contributed by atoms with van der Waals surface area (Å²) >= 11 is 0. The number of nitrogens with zero attached hydrogens (tertiary/aromatic N) is 5. The van der Waals surface area contributed by atoms with Crippen LogP contribution in [-0.2, 0) is 6.18 Å². The minimum atomic E-state index is -4.72. The maximum atomic E-state index is 12.6. The Morgan fingerprint density at radius 2 is 2.10 bits per heavy atom. The van der Waals surface area contributed by atoms with Crippen LogP contribution in [0.25, 0.3) is 5.69 Å². The number of halogens is 3. The molecule has 0 unspecified atom stereocenters. The molecule has 10 heteroatoms. The van der Waals surface area contributed by atoms with Gasteiger partial charge >= 0.3 is 6.18 Å². The molecule has 1 aromatic carbocycles. The first-order chi connectivity index (χ1) is 9.74. The Hall–Kier alpha value is -2.96. The molecule has 0 saturated heterocycles. The van der Waals surface area contributed by atoms with E-state index >= 15 is 0 Å². The van der Waals surface area contributed by atoms with Crippen molar-refractivity contribution in [2.45, 2.75) is 13.1 Å². The van der Waals surface area contributed by atoms with Crippen LogP contribution >= 0.6 is 0 Å². The maximum Gasteiger partial charge on any atom is 0.453 e. The fraction of sp³-hybridized carbons (Fsp3) is 0.182. The van der Waals surface area contributed by atoms with Crippen LogP contribution in [0.1, 0.15) is 17.2 Å². The predicted molar refractivity (Wildman–Crippen MR) is 62.5 cm³/mol. The Bertz CT molecular complexity index is 760. The molecular weight excluding hydrogens is 291 g/mol. The van der Waals surface area contributed by atoms with Crippen molar-refractivity contribution >= 4 is 5.69 Å². The van der Waals surface area contributed by atoms with Gasteiger partial charge in [0.25, 0.3) is 11.5 Å². The summed E-state index contributed by atoms with van der Waals surface area (Å²) in [5.74, 6) is -1.44. The third kappa shape index (κ3) is 2.66. The molecule has 1 heterocycles. The average Bonchev–Trinajstić information content (AvgIpc) is 2.79. The summed E-state index contributed by atoms with van der Waals surface area (Å²) in [6.45, 7) is 1.28. The van der Waals surface area contributed by atoms with Crippen LogP contribution < -0.4 is 0 Å². The minimum Gasteiger partial charge on any atom is -0.258 e. The van der Waals surface area contributed by atoms with Crippen molar-refractivity contribution < 1.29 is 18.1 Å². The highest BCUT2D eigenvalue weighted by atomic mass is 19.4. The second-order valence-corrected chi connectivity index (χ2v) is 3.96. The average molecular weight is 297 g/mol. The summed E-state index contributed by atoms with van der Waals surface area (Å²) in [6, 6.07) is 4.88. The highest BCUT2D eigenvalue weighted by molar-refractivity contribution is 5.54. The van der Waals surface area contributed by atoms with E-state index < -0.39 is 16.9 Å². The van der Waals surface area contributed by atoms with Crippen LogP contribution in [0.2, 0.25) is 0 Å². The van der Waals surface area contributed by atoms with Gasteiger partial charge in [0.15, 0.2) is 0 Å². The Labute approximate surface area is 115 Å². The van der Waals surface area contributed by atoms with Crippen molar-refractivity contribution in [3.8, 4) is 11.8 Å². The Morgan fingerprint density at radius 3 is 2.57 bits per heavy atom. The largest absolute Gasteiger partial charge is 0.453 e. The van der Waals surface area contributed by atoms with Gasteiger partial charge in [0.1, 0.15) is 11.9 Å². The summed E-state index contributed by atoms with van der Waals surface area (Å²) in [5, 5.41) is 22.9. The van der Waals surface area contributed by atoms with Gasteiger partial charge in [-0.2, -0.15) is 18.4 Å². The third-order valence-electron chi connectivity index (χ3n) is 2.56. The number of nitro groups is 1. The van der Waals surface area contributed by atoms with E-state index in [1.165, 1.54) is 6.92 Å². The van der Waals surface area contributed by atoms with Crippen LogP contribution in [0.4, 0.5) is 18.9 Å². The zero-order chi connectivity index (χ0) is 15.8. The zero-order valence-corrected chi connectivity index (χ0v) is 10.4. The SMILES string of the molecule is Cc1nc(C(F)(F)F)nn1-c1ccc([N+](=O)[O-])cc1C#N. The topological polar surface area (TPSA) is 97.6 Å². The molecule has 0 amide bonds. The van der Waals surface area contributed by atoms with Crippen molar-refractivity contribution in [2.75, 3.05) is 0 Å². The first kappa shape index (κ1) is 14.4. The Balaban J connectivity index is 2.60. The van der Waals surface area contributed by atoms with Crippen molar-refractivity contribution in [3.63, 3.8) is 0 Å². The lowest BCUT2D eigenvalue weighted by atomic mass is 10.1. The monoisotopic (exact) mass is 297 g/mol. The number of benzene rings is 1. The molecule has 0 aliphatic heterocycles.